The van der Waals surface area contributed by atoms with Gasteiger partial charge in [-0.05, 0) is 37.4 Å². The standard InChI is InChI=1S/C15H26N2O/c1-5-6-13(4)18-15-9-14(7-8-17-15)11-16-10-12(2)3/h7-9,12-13,16H,5-6,10-11H2,1-4H3. The summed E-state index contributed by atoms with van der Waals surface area (Å²) in [6.45, 7) is 10.6. The SMILES string of the molecule is CCCC(C)Oc1cc(CNCC(C)C)ccn1. The molecule has 0 aliphatic heterocycles. The van der Waals surface area contributed by atoms with Crippen molar-refractivity contribution in [3.8, 4) is 5.88 Å². The summed E-state index contributed by atoms with van der Waals surface area (Å²) in [6, 6.07) is 4.06. The van der Waals surface area contributed by atoms with E-state index in [2.05, 4.69) is 38.0 Å². The maximum atomic E-state index is 5.78. The Morgan fingerprint density at radius 1 is 1.33 bits per heavy atom. The number of pyridine rings is 1. The van der Waals surface area contributed by atoms with Gasteiger partial charge in [-0.1, -0.05) is 27.2 Å². The van der Waals surface area contributed by atoms with Crippen molar-refractivity contribution in [1.82, 2.24) is 10.3 Å². The monoisotopic (exact) mass is 250 g/mol. The van der Waals surface area contributed by atoms with Gasteiger partial charge in [0.25, 0.3) is 0 Å². The number of hydrogen-bond acceptors (Lipinski definition) is 3. The number of aromatic nitrogens is 1. The molecule has 0 aliphatic carbocycles. The summed E-state index contributed by atoms with van der Waals surface area (Å²) in [6.07, 6.45) is 4.26. The van der Waals surface area contributed by atoms with Gasteiger partial charge in [0, 0.05) is 18.8 Å². The van der Waals surface area contributed by atoms with Gasteiger partial charge >= 0.3 is 0 Å². The molecule has 102 valence electrons. The van der Waals surface area contributed by atoms with Gasteiger partial charge in [0.05, 0.1) is 6.10 Å². The highest BCUT2D eigenvalue weighted by Gasteiger charge is 2.04. The lowest BCUT2D eigenvalue weighted by Gasteiger charge is -2.13. The second-order valence-electron chi connectivity index (χ2n) is 5.24. The molecule has 0 spiro atoms. The van der Waals surface area contributed by atoms with Gasteiger partial charge < -0.3 is 10.1 Å². The minimum absolute atomic E-state index is 0.237. The Bertz CT molecular complexity index is 339. The van der Waals surface area contributed by atoms with E-state index in [1.807, 2.05) is 18.3 Å². The smallest absolute Gasteiger partial charge is 0.213 e. The summed E-state index contributed by atoms with van der Waals surface area (Å²) >= 11 is 0. The number of hydrogen-bond donors (Lipinski definition) is 1. The minimum atomic E-state index is 0.237. The topological polar surface area (TPSA) is 34.1 Å². The highest BCUT2D eigenvalue weighted by atomic mass is 16.5. The van der Waals surface area contributed by atoms with Gasteiger partial charge in [-0.3, -0.25) is 0 Å². The van der Waals surface area contributed by atoms with Crippen molar-refractivity contribution in [2.45, 2.75) is 53.2 Å². The molecule has 0 aromatic carbocycles. The fraction of sp³-hybridized carbons (Fsp3) is 0.667. The predicted octanol–water partition coefficient (Wildman–Crippen LogP) is 3.39. The Morgan fingerprint density at radius 3 is 2.78 bits per heavy atom. The molecule has 3 nitrogen and oxygen atoms in total. The van der Waals surface area contributed by atoms with Gasteiger partial charge in [-0.15, -0.1) is 0 Å². The zero-order valence-electron chi connectivity index (χ0n) is 12.1. The quantitative estimate of drug-likeness (QED) is 0.768. The lowest BCUT2D eigenvalue weighted by Crippen LogP contribution is -2.19. The Labute approximate surface area is 111 Å². The molecule has 1 aromatic heterocycles. The van der Waals surface area contributed by atoms with Crippen LogP contribution in [0, 0.1) is 5.92 Å². The fourth-order valence-electron chi connectivity index (χ4n) is 1.80. The molecule has 0 amide bonds. The summed E-state index contributed by atoms with van der Waals surface area (Å²) in [5, 5.41) is 3.42. The molecule has 0 aliphatic rings. The van der Waals surface area contributed by atoms with E-state index in [0.29, 0.717) is 5.92 Å². The van der Waals surface area contributed by atoms with Crippen LogP contribution in [-0.2, 0) is 6.54 Å². The van der Waals surface area contributed by atoms with Crippen molar-refractivity contribution in [2.24, 2.45) is 5.92 Å². The first-order valence-corrected chi connectivity index (χ1v) is 6.94. The Kier molecular flexibility index (Phi) is 6.73. The molecule has 0 fully saturated rings. The first-order chi connectivity index (χ1) is 8.61. The van der Waals surface area contributed by atoms with Crippen LogP contribution in [-0.4, -0.2) is 17.6 Å². The molecule has 1 heterocycles. The molecule has 1 atom stereocenters. The number of nitrogens with one attached hydrogen (secondary N) is 1. The Hall–Kier alpha value is -1.09. The third-order valence-corrected chi connectivity index (χ3v) is 2.70. The van der Waals surface area contributed by atoms with Crippen LogP contribution in [0.2, 0.25) is 0 Å². The first kappa shape index (κ1) is 15.0. The van der Waals surface area contributed by atoms with E-state index in [1.54, 1.807) is 0 Å². The zero-order chi connectivity index (χ0) is 13.4. The van der Waals surface area contributed by atoms with Gasteiger partial charge in [0.1, 0.15) is 0 Å². The van der Waals surface area contributed by atoms with Crippen molar-refractivity contribution in [3.63, 3.8) is 0 Å². The van der Waals surface area contributed by atoms with E-state index in [9.17, 15) is 0 Å². The van der Waals surface area contributed by atoms with Crippen LogP contribution in [0.15, 0.2) is 18.3 Å². The average molecular weight is 250 g/mol. The van der Waals surface area contributed by atoms with Crippen LogP contribution >= 0.6 is 0 Å². The second kappa shape index (κ2) is 8.09. The molecule has 3 heteroatoms. The van der Waals surface area contributed by atoms with Crippen molar-refractivity contribution in [3.05, 3.63) is 23.9 Å². The minimum Gasteiger partial charge on any atom is -0.475 e. The summed E-state index contributed by atoms with van der Waals surface area (Å²) in [7, 11) is 0. The largest absolute Gasteiger partial charge is 0.475 e. The molecular weight excluding hydrogens is 224 g/mol. The van der Waals surface area contributed by atoms with Crippen LogP contribution in [0.4, 0.5) is 0 Å². The molecule has 18 heavy (non-hydrogen) atoms. The van der Waals surface area contributed by atoms with Crippen molar-refractivity contribution >= 4 is 0 Å². The summed E-state index contributed by atoms with van der Waals surface area (Å²) < 4.78 is 5.78. The van der Waals surface area contributed by atoms with Crippen LogP contribution in [0.1, 0.15) is 46.1 Å². The molecular formula is C15H26N2O. The van der Waals surface area contributed by atoms with Crippen LogP contribution in [0.25, 0.3) is 0 Å². The fourth-order valence-corrected chi connectivity index (χ4v) is 1.80. The predicted molar refractivity (Wildman–Crippen MR) is 75.8 cm³/mol. The molecule has 0 saturated carbocycles. The number of nitrogens with zero attached hydrogens (tertiary/aromatic N) is 1. The van der Waals surface area contributed by atoms with Crippen molar-refractivity contribution < 1.29 is 4.74 Å². The summed E-state index contributed by atoms with van der Waals surface area (Å²) in [4.78, 5) is 4.25. The zero-order valence-corrected chi connectivity index (χ0v) is 12.1. The summed E-state index contributed by atoms with van der Waals surface area (Å²) in [5.41, 5.74) is 1.23. The van der Waals surface area contributed by atoms with E-state index >= 15 is 0 Å². The molecule has 0 bridgehead atoms. The second-order valence-corrected chi connectivity index (χ2v) is 5.24. The van der Waals surface area contributed by atoms with Crippen molar-refractivity contribution in [2.75, 3.05) is 6.54 Å². The normalized spacial score (nSPS) is 12.7. The van der Waals surface area contributed by atoms with E-state index in [4.69, 9.17) is 4.74 Å². The maximum absolute atomic E-state index is 5.78. The number of ether oxygens (including phenoxy) is 1. The van der Waals surface area contributed by atoms with Crippen LogP contribution in [0.5, 0.6) is 5.88 Å². The van der Waals surface area contributed by atoms with Gasteiger partial charge in [0.15, 0.2) is 0 Å². The van der Waals surface area contributed by atoms with Gasteiger partial charge in [0.2, 0.25) is 5.88 Å². The number of rotatable bonds is 8. The third-order valence-electron chi connectivity index (χ3n) is 2.70. The summed E-state index contributed by atoms with van der Waals surface area (Å²) in [5.74, 6) is 1.41. The molecule has 1 rings (SSSR count). The van der Waals surface area contributed by atoms with Crippen LogP contribution in [0.3, 0.4) is 0 Å². The van der Waals surface area contributed by atoms with Crippen LogP contribution < -0.4 is 10.1 Å². The average Bonchev–Trinajstić information content (AvgIpc) is 2.29. The molecule has 0 saturated heterocycles. The first-order valence-electron chi connectivity index (χ1n) is 6.94. The van der Waals surface area contributed by atoms with E-state index in [0.717, 1.165) is 31.8 Å². The third kappa shape index (κ3) is 6.01. The Balaban J connectivity index is 2.46. The van der Waals surface area contributed by atoms with Crippen molar-refractivity contribution in [1.29, 1.82) is 0 Å². The lowest BCUT2D eigenvalue weighted by molar-refractivity contribution is 0.201. The Morgan fingerprint density at radius 2 is 2.11 bits per heavy atom. The highest BCUT2D eigenvalue weighted by Crippen LogP contribution is 2.13. The molecule has 1 aromatic rings. The highest BCUT2D eigenvalue weighted by molar-refractivity contribution is 5.20. The molecule has 0 radical (unpaired) electrons. The lowest BCUT2D eigenvalue weighted by atomic mass is 10.2. The van der Waals surface area contributed by atoms with Gasteiger partial charge in [-0.25, -0.2) is 4.98 Å². The van der Waals surface area contributed by atoms with E-state index in [1.165, 1.54) is 5.56 Å². The van der Waals surface area contributed by atoms with E-state index < -0.39 is 0 Å². The molecule has 1 N–H and O–H groups in total. The maximum Gasteiger partial charge on any atom is 0.213 e. The van der Waals surface area contributed by atoms with E-state index in [-0.39, 0.29) is 6.10 Å². The van der Waals surface area contributed by atoms with Gasteiger partial charge in [-0.2, -0.15) is 0 Å². The molecule has 1 unspecified atom stereocenters.